The van der Waals surface area contributed by atoms with Gasteiger partial charge in [-0.25, -0.2) is 9.59 Å². The summed E-state index contributed by atoms with van der Waals surface area (Å²) < 4.78 is 43.1. The number of urea groups is 1. The number of ketones is 1. The number of halogens is 3. The van der Waals surface area contributed by atoms with E-state index in [-0.39, 0.29) is 50.0 Å². The molecule has 59 heavy (non-hydrogen) atoms. The number of nitrogens with zero attached hydrogens (tertiary/aromatic N) is 2. The molecule has 1 unspecified atom stereocenters. The van der Waals surface area contributed by atoms with Crippen LogP contribution in [-0.4, -0.2) is 111 Å². The number of anilines is 3. The molecule has 0 heterocycles. The number of methoxy groups -OCH3 is 1. The first-order chi connectivity index (χ1) is 27.6. The molecule has 0 bridgehead atoms. The highest BCUT2D eigenvalue weighted by atomic mass is 19.4. The van der Waals surface area contributed by atoms with Crippen LogP contribution < -0.4 is 20.7 Å². The summed E-state index contributed by atoms with van der Waals surface area (Å²) in [6.45, 7) is 6.93. The van der Waals surface area contributed by atoms with Crippen LogP contribution in [0.5, 0.6) is 5.75 Å². The average Bonchev–Trinajstić information content (AvgIpc) is 3.15. The lowest BCUT2D eigenvalue weighted by atomic mass is 9.89. The molecule has 322 valence electrons. The molecule has 0 saturated carbocycles. The zero-order valence-electron chi connectivity index (χ0n) is 34.5. The van der Waals surface area contributed by atoms with Crippen molar-refractivity contribution < 1.29 is 61.0 Å². The third kappa shape index (κ3) is 19.4. The van der Waals surface area contributed by atoms with Crippen molar-refractivity contribution >= 4 is 52.6 Å². The maximum atomic E-state index is 13.8. The average molecular weight is 831 g/mol. The van der Waals surface area contributed by atoms with E-state index in [0.29, 0.717) is 52.4 Å². The first-order valence-electron chi connectivity index (χ1n) is 18.8. The summed E-state index contributed by atoms with van der Waals surface area (Å²) in [5, 5.41) is 15.5. The van der Waals surface area contributed by atoms with Crippen molar-refractivity contribution in [3.8, 4) is 5.75 Å². The molecule has 17 heteroatoms. The normalized spacial score (nSPS) is 11.6. The number of para-hydroxylation sites is 1. The first-order valence-corrected chi connectivity index (χ1v) is 18.8. The van der Waals surface area contributed by atoms with Crippen molar-refractivity contribution in [2.45, 2.75) is 52.6 Å². The number of hydrogen-bond acceptors (Lipinski definition) is 8. The molecular formula is C42H55F3N5O9+. The Bertz CT molecular complexity index is 1880. The van der Waals surface area contributed by atoms with Gasteiger partial charge in [0.25, 0.3) is 0 Å². The van der Waals surface area contributed by atoms with Crippen LogP contribution in [0.15, 0.2) is 72.8 Å². The number of esters is 1. The third-order valence-corrected chi connectivity index (χ3v) is 8.59. The van der Waals surface area contributed by atoms with Gasteiger partial charge in [-0.2, -0.15) is 13.2 Å². The van der Waals surface area contributed by atoms with Gasteiger partial charge in [-0.1, -0.05) is 44.2 Å². The summed E-state index contributed by atoms with van der Waals surface area (Å²) >= 11 is 0. The van der Waals surface area contributed by atoms with E-state index in [2.05, 4.69) is 16.0 Å². The fourth-order valence-corrected chi connectivity index (χ4v) is 5.19. The number of rotatable bonds is 19. The van der Waals surface area contributed by atoms with Crippen molar-refractivity contribution in [3.05, 3.63) is 83.9 Å². The van der Waals surface area contributed by atoms with Crippen LogP contribution in [0.4, 0.5) is 35.0 Å². The largest absolute Gasteiger partial charge is 0.497 e. The number of quaternary nitrogens is 1. The van der Waals surface area contributed by atoms with Gasteiger partial charge < -0.3 is 39.9 Å². The Morgan fingerprint density at radius 1 is 0.847 bits per heavy atom. The van der Waals surface area contributed by atoms with Gasteiger partial charge in [-0.05, 0) is 73.7 Å². The van der Waals surface area contributed by atoms with E-state index in [0.717, 1.165) is 5.56 Å². The number of aliphatic carboxylic acids is 1. The van der Waals surface area contributed by atoms with E-state index in [1.54, 1.807) is 48.5 Å². The van der Waals surface area contributed by atoms with Crippen LogP contribution in [0.3, 0.4) is 0 Å². The lowest BCUT2D eigenvalue weighted by Gasteiger charge is -2.25. The first kappa shape index (κ1) is 49.2. The lowest BCUT2D eigenvalue weighted by Crippen LogP contribution is -2.40. The number of nitrogens with one attached hydrogen (secondary N) is 3. The van der Waals surface area contributed by atoms with Crippen LogP contribution >= 0.6 is 0 Å². The molecule has 0 fully saturated rings. The van der Waals surface area contributed by atoms with E-state index in [1.165, 1.54) is 12.0 Å². The summed E-state index contributed by atoms with van der Waals surface area (Å²) in [5.74, 6) is -4.32. The molecule has 0 aliphatic heterocycles. The molecule has 1 atom stereocenters. The number of amides is 4. The SMILES string of the molecule is COc1cccc(C(=O)C(CCC(=O)OCC[N+](C)(C)C)CC(=O)N(CCC(C)C)CC(=O)Nc2ccc(NC(=O)Nc3ccccc3C)cc2)c1.O=C(O)C(F)(F)F. The van der Waals surface area contributed by atoms with E-state index in [9.17, 15) is 37.1 Å². The van der Waals surface area contributed by atoms with Crippen molar-refractivity contribution in [1.82, 2.24) is 4.90 Å². The third-order valence-electron chi connectivity index (χ3n) is 8.59. The molecular weight excluding hydrogens is 775 g/mol. The number of carbonyl (C=O) groups is 6. The number of carboxylic acid groups (broad SMARTS) is 1. The van der Waals surface area contributed by atoms with Crippen molar-refractivity contribution in [2.75, 3.05) is 70.4 Å². The van der Waals surface area contributed by atoms with E-state index in [4.69, 9.17) is 19.4 Å². The number of ether oxygens (including phenoxy) is 2. The molecule has 0 spiro atoms. The number of likely N-dealkylation sites (N-methyl/N-ethyl adjacent to an activating group) is 1. The maximum absolute atomic E-state index is 13.8. The highest BCUT2D eigenvalue weighted by molar-refractivity contribution is 6.02. The predicted molar refractivity (Wildman–Crippen MR) is 217 cm³/mol. The lowest BCUT2D eigenvalue weighted by molar-refractivity contribution is -0.870. The van der Waals surface area contributed by atoms with Crippen LogP contribution in [0, 0.1) is 18.8 Å². The number of carboxylic acids is 1. The molecule has 0 aromatic heterocycles. The summed E-state index contributed by atoms with van der Waals surface area (Å²) in [7, 11) is 7.50. The van der Waals surface area contributed by atoms with Crippen LogP contribution in [0.2, 0.25) is 0 Å². The molecule has 3 rings (SSSR count). The standard InChI is InChI=1S/C40H53N5O7.C2HF3O2/c1-28(2)21-22-44(27-36(46)41-32-16-18-33(19-17-32)42-40(50)43-35-14-9-8-11-29(35)3)37(47)26-31(15-20-38(48)52-24-23-45(4,5)6)39(49)30-12-10-13-34(25-30)51-7;3-2(4,5)1(6)7/h8-14,16-19,25,28,31H,15,20-24,26-27H2,1-7H3,(H2-,41,42,43,46,50);(H,6,7)/p+1. The van der Waals surface area contributed by atoms with Crippen molar-refractivity contribution in [2.24, 2.45) is 11.8 Å². The molecule has 4 N–H and O–H groups in total. The van der Waals surface area contributed by atoms with E-state index < -0.39 is 36.0 Å². The van der Waals surface area contributed by atoms with Gasteiger partial charge in [0, 0.05) is 47.9 Å². The topological polar surface area (TPSA) is 180 Å². The number of benzene rings is 3. The fraction of sp³-hybridized carbons (Fsp3) is 0.429. The van der Waals surface area contributed by atoms with Gasteiger partial charge in [0.2, 0.25) is 11.8 Å². The summed E-state index contributed by atoms with van der Waals surface area (Å²) in [6, 6.07) is 20.4. The van der Waals surface area contributed by atoms with Gasteiger partial charge in [0.15, 0.2) is 5.78 Å². The number of Topliss-reactive ketones (excluding diaryl/α,β-unsaturated/α-hetero) is 1. The van der Waals surface area contributed by atoms with Crippen LogP contribution in [-0.2, 0) is 23.9 Å². The van der Waals surface area contributed by atoms with Crippen molar-refractivity contribution in [1.29, 1.82) is 0 Å². The zero-order chi connectivity index (χ0) is 44.3. The van der Waals surface area contributed by atoms with Gasteiger partial charge in [-0.15, -0.1) is 0 Å². The second kappa shape index (κ2) is 23.4. The van der Waals surface area contributed by atoms with Gasteiger partial charge in [0.05, 0.1) is 34.8 Å². The maximum Gasteiger partial charge on any atom is 0.490 e. The molecule has 4 amide bonds. The van der Waals surface area contributed by atoms with Crippen LogP contribution in [0.25, 0.3) is 0 Å². The van der Waals surface area contributed by atoms with Gasteiger partial charge in [-0.3, -0.25) is 19.2 Å². The van der Waals surface area contributed by atoms with E-state index in [1.807, 2.05) is 66.2 Å². The highest BCUT2D eigenvalue weighted by Gasteiger charge is 2.38. The molecule has 0 saturated heterocycles. The van der Waals surface area contributed by atoms with Gasteiger partial charge >= 0.3 is 24.1 Å². The Morgan fingerprint density at radius 2 is 1.46 bits per heavy atom. The number of carbonyl (C=O) groups excluding carboxylic acids is 5. The minimum Gasteiger partial charge on any atom is -0.497 e. The van der Waals surface area contributed by atoms with E-state index >= 15 is 0 Å². The summed E-state index contributed by atoms with van der Waals surface area (Å²) in [6.07, 6.45) is -4.54. The highest BCUT2D eigenvalue weighted by Crippen LogP contribution is 2.24. The molecule has 14 nitrogen and oxygen atoms in total. The Balaban J connectivity index is 0.00000157. The van der Waals surface area contributed by atoms with Crippen LogP contribution in [0.1, 0.15) is 55.5 Å². The second-order valence-electron chi connectivity index (χ2n) is 15.1. The smallest absolute Gasteiger partial charge is 0.490 e. The predicted octanol–water partition coefficient (Wildman–Crippen LogP) is 7.01. The number of alkyl halides is 3. The second-order valence-corrected chi connectivity index (χ2v) is 15.1. The number of hydrogen-bond donors (Lipinski definition) is 4. The number of aryl methyl sites for hydroxylation is 1. The Hall–Kier alpha value is -5.97. The molecule has 0 radical (unpaired) electrons. The monoisotopic (exact) mass is 830 g/mol. The van der Waals surface area contributed by atoms with Crippen molar-refractivity contribution in [3.63, 3.8) is 0 Å². The Labute approximate surface area is 342 Å². The molecule has 0 aliphatic carbocycles. The quantitative estimate of drug-likeness (QED) is 0.0562. The van der Waals surface area contributed by atoms with Gasteiger partial charge in [0.1, 0.15) is 18.9 Å². The zero-order valence-corrected chi connectivity index (χ0v) is 34.5. The summed E-state index contributed by atoms with van der Waals surface area (Å²) in [5.41, 5.74) is 3.02. The summed E-state index contributed by atoms with van der Waals surface area (Å²) in [4.78, 5) is 76.3. The Kier molecular flexibility index (Phi) is 19.5. The molecule has 3 aromatic carbocycles. The minimum absolute atomic E-state index is 0.0321. The molecule has 3 aromatic rings. The minimum atomic E-state index is -5.08. The molecule has 0 aliphatic rings. The fourth-order valence-electron chi connectivity index (χ4n) is 5.19. The Morgan fingerprint density at radius 3 is 2.02 bits per heavy atom.